The second-order valence-corrected chi connectivity index (χ2v) is 10.9. The fraction of sp³-hybridized carbons (Fsp3) is 0.312. The van der Waals surface area contributed by atoms with Crippen LogP contribution in [0.5, 0.6) is 0 Å². The Balaban J connectivity index is 1.37. The van der Waals surface area contributed by atoms with Crippen LogP contribution in [0.4, 0.5) is 0 Å². The smallest absolute Gasteiger partial charge is 0.208 e. The highest BCUT2D eigenvalue weighted by atomic mass is 16.8. The van der Waals surface area contributed by atoms with Crippen molar-refractivity contribution in [3.05, 3.63) is 89.6 Å². The van der Waals surface area contributed by atoms with Crippen LogP contribution in [-0.2, 0) is 14.3 Å². The lowest BCUT2D eigenvalue weighted by atomic mass is 9.95. The van der Waals surface area contributed by atoms with Gasteiger partial charge < -0.3 is 14.0 Å². The molecule has 2 aromatic heterocycles. The summed E-state index contributed by atoms with van der Waals surface area (Å²) in [5.41, 5.74) is 2.95. The molecule has 2 unspecified atom stereocenters. The maximum Gasteiger partial charge on any atom is 0.208 e. The van der Waals surface area contributed by atoms with Gasteiger partial charge in [0.05, 0.1) is 17.8 Å². The van der Waals surface area contributed by atoms with Crippen LogP contribution in [0.25, 0.3) is 11.2 Å². The number of ether oxygens (including phenoxy) is 2. The molecule has 3 fully saturated rings. The maximum atomic E-state index is 12.9. The number of benzene rings is 2. The molecule has 39 heavy (non-hydrogen) atoms. The zero-order valence-corrected chi connectivity index (χ0v) is 21.9. The summed E-state index contributed by atoms with van der Waals surface area (Å²) in [6.07, 6.45) is 1.95. The second-order valence-electron chi connectivity index (χ2n) is 10.9. The van der Waals surface area contributed by atoms with Crippen LogP contribution < -0.4 is 0 Å². The molecule has 1 aliphatic heterocycles. The molecule has 4 aromatic rings. The number of rotatable bonds is 2. The molecule has 3 aliphatic rings. The highest BCUT2D eigenvalue weighted by Gasteiger charge is 2.78. The number of aromatic nitrogens is 4. The summed E-state index contributed by atoms with van der Waals surface area (Å²) in [6, 6.07) is 19.3. The number of carbonyl (C=O) groups is 1. The predicted octanol–water partition coefficient (Wildman–Crippen LogP) is 4.30. The van der Waals surface area contributed by atoms with Crippen molar-refractivity contribution < 1.29 is 14.3 Å². The minimum atomic E-state index is -0.770. The minimum absolute atomic E-state index is 0.0890. The Morgan fingerprint density at radius 2 is 1.59 bits per heavy atom. The van der Waals surface area contributed by atoms with Gasteiger partial charge in [-0.1, -0.05) is 48.2 Å². The molecule has 7 nitrogen and oxygen atoms in total. The number of Topliss-reactive ketones (excluding diaryl/α,β-unsaturated/α-hetero) is 1. The average Bonchev–Trinajstić information content (AvgIpc) is 3.27. The lowest BCUT2D eigenvalue weighted by Crippen LogP contribution is -2.34. The average molecular weight is 515 g/mol. The summed E-state index contributed by atoms with van der Waals surface area (Å²) < 4.78 is 14.7. The maximum absolute atomic E-state index is 12.9. The van der Waals surface area contributed by atoms with Gasteiger partial charge in [0.25, 0.3) is 0 Å². The summed E-state index contributed by atoms with van der Waals surface area (Å²) in [5.74, 6) is 12.5. The largest absolute Gasteiger partial charge is 0.343 e. The normalized spacial score (nSPS) is 27.6. The third-order valence-electron chi connectivity index (χ3n) is 8.03. The monoisotopic (exact) mass is 514 g/mol. The van der Waals surface area contributed by atoms with Gasteiger partial charge in [-0.3, -0.25) is 4.79 Å². The van der Waals surface area contributed by atoms with Crippen molar-refractivity contribution in [3.63, 3.8) is 0 Å². The molecule has 192 valence electrons. The van der Waals surface area contributed by atoms with E-state index < -0.39 is 11.2 Å². The van der Waals surface area contributed by atoms with E-state index in [1.54, 1.807) is 13.3 Å². The Kier molecular flexibility index (Phi) is 5.25. The molecule has 2 aromatic carbocycles. The van der Waals surface area contributed by atoms with Crippen LogP contribution >= 0.6 is 0 Å². The molecule has 0 bridgehead atoms. The third-order valence-corrected chi connectivity index (χ3v) is 8.03. The first-order chi connectivity index (χ1) is 18.9. The van der Waals surface area contributed by atoms with Gasteiger partial charge in [-0.25, -0.2) is 15.0 Å². The molecule has 1 saturated heterocycles. The van der Waals surface area contributed by atoms with Crippen LogP contribution in [-0.4, -0.2) is 43.3 Å². The number of fused-ring (bicyclic) bond motifs is 4. The number of ketones is 1. The lowest BCUT2D eigenvalue weighted by molar-refractivity contribution is -0.163. The van der Waals surface area contributed by atoms with E-state index in [2.05, 4.69) is 28.7 Å². The fourth-order valence-electron chi connectivity index (χ4n) is 6.26. The first-order valence-electron chi connectivity index (χ1n) is 13.1. The second kappa shape index (κ2) is 8.61. The molecule has 2 aliphatic carbocycles. The molecular weight excluding hydrogens is 488 g/mol. The molecule has 3 heterocycles. The number of hydrogen-bond donors (Lipinski definition) is 0. The van der Waals surface area contributed by atoms with Crippen LogP contribution in [0.1, 0.15) is 55.9 Å². The van der Waals surface area contributed by atoms with E-state index >= 15 is 0 Å². The van der Waals surface area contributed by atoms with E-state index in [0.29, 0.717) is 22.7 Å². The minimum Gasteiger partial charge on any atom is -0.343 e. The van der Waals surface area contributed by atoms with Gasteiger partial charge in [-0.2, -0.15) is 0 Å². The standard InChI is InChI=1S/C32H26N4O3/c1-20(37)32-18-23(32)27(28-29(32)39-31(2,3)38-28)36-19-33-26-24(16-14-21-10-6-4-7-11-21)34-25(35-30(26)36)17-15-22-12-8-5-9-13-22/h4-13,19,23,27-29H,18H2,1-3H3/t23?,27-,28+,29?,32-/m1/s1. The number of nitrogens with zero attached hydrogens (tertiary/aromatic N) is 4. The van der Waals surface area contributed by atoms with Gasteiger partial charge in [0.15, 0.2) is 11.4 Å². The molecule has 7 heteroatoms. The van der Waals surface area contributed by atoms with E-state index in [9.17, 15) is 4.79 Å². The quantitative estimate of drug-likeness (QED) is 0.371. The fourth-order valence-corrected chi connectivity index (χ4v) is 6.26. The van der Waals surface area contributed by atoms with Gasteiger partial charge in [-0.15, -0.1) is 0 Å². The molecule has 0 N–H and O–H groups in total. The Morgan fingerprint density at radius 1 is 0.923 bits per heavy atom. The number of hydrogen-bond acceptors (Lipinski definition) is 6. The molecule has 2 saturated carbocycles. The summed E-state index contributed by atoms with van der Waals surface area (Å²) in [4.78, 5) is 27.1. The Labute approximate surface area is 226 Å². The lowest BCUT2D eigenvalue weighted by Gasteiger charge is -2.24. The highest BCUT2D eigenvalue weighted by Crippen LogP contribution is 2.71. The Bertz CT molecular complexity index is 1740. The van der Waals surface area contributed by atoms with Crippen molar-refractivity contribution >= 4 is 16.9 Å². The summed E-state index contributed by atoms with van der Waals surface area (Å²) >= 11 is 0. The van der Waals surface area contributed by atoms with E-state index in [1.807, 2.05) is 79.1 Å². The van der Waals surface area contributed by atoms with Crippen molar-refractivity contribution in [2.75, 3.05) is 0 Å². The Hall–Kier alpha value is -4.30. The van der Waals surface area contributed by atoms with E-state index in [-0.39, 0.29) is 30.0 Å². The van der Waals surface area contributed by atoms with Gasteiger partial charge in [-0.05, 0) is 69.2 Å². The predicted molar refractivity (Wildman–Crippen MR) is 144 cm³/mol. The summed E-state index contributed by atoms with van der Waals surface area (Å²) in [7, 11) is 0. The Morgan fingerprint density at radius 3 is 2.26 bits per heavy atom. The molecular formula is C32H26N4O3. The first kappa shape index (κ1) is 23.8. The van der Waals surface area contributed by atoms with Crippen molar-refractivity contribution in [1.29, 1.82) is 0 Å². The van der Waals surface area contributed by atoms with Crippen LogP contribution in [0, 0.1) is 35.0 Å². The number of imidazole rings is 1. The molecule has 5 atom stereocenters. The molecule has 7 rings (SSSR count). The third kappa shape index (κ3) is 3.86. The SMILES string of the molecule is CC(=O)[C@]12CC1[C@@H](n1cnc3c(C#Cc4ccccc4)nc(C#Cc4ccccc4)nc31)[C@@H]1OC(C)(C)OC12. The number of carbonyl (C=O) groups excluding carboxylic acids is 1. The van der Waals surface area contributed by atoms with Crippen molar-refractivity contribution in [2.45, 2.75) is 51.2 Å². The first-order valence-corrected chi connectivity index (χ1v) is 13.1. The summed E-state index contributed by atoms with van der Waals surface area (Å²) in [6.45, 7) is 5.46. The zero-order chi connectivity index (χ0) is 26.8. The summed E-state index contributed by atoms with van der Waals surface area (Å²) in [5, 5.41) is 0. The van der Waals surface area contributed by atoms with E-state index in [0.717, 1.165) is 17.5 Å². The molecule has 0 spiro atoms. The zero-order valence-electron chi connectivity index (χ0n) is 21.9. The van der Waals surface area contributed by atoms with E-state index in [1.165, 1.54) is 0 Å². The van der Waals surface area contributed by atoms with Crippen LogP contribution in [0.15, 0.2) is 67.0 Å². The van der Waals surface area contributed by atoms with Crippen molar-refractivity contribution in [3.8, 4) is 23.7 Å². The van der Waals surface area contributed by atoms with Gasteiger partial charge in [0, 0.05) is 11.1 Å². The highest BCUT2D eigenvalue weighted by molar-refractivity contribution is 5.88. The molecule has 0 radical (unpaired) electrons. The van der Waals surface area contributed by atoms with Crippen molar-refractivity contribution in [2.24, 2.45) is 11.3 Å². The molecule has 0 amide bonds. The van der Waals surface area contributed by atoms with Crippen molar-refractivity contribution in [1.82, 2.24) is 19.5 Å². The van der Waals surface area contributed by atoms with Gasteiger partial charge in [0.1, 0.15) is 29.2 Å². The van der Waals surface area contributed by atoms with Gasteiger partial charge in [0.2, 0.25) is 5.82 Å². The van der Waals surface area contributed by atoms with E-state index in [4.69, 9.17) is 19.4 Å². The topological polar surface area (TPSA) is 79.1 Å². The van der Waals surface area contributed by atoms with Gasteiger partial charge >= 0.3 is 0 Å². The van der Waals surface area contributed by atoms with Crippen LogP contribution in [0.3, 0.4) is 0 Å². The van der Waals surface area contributed by atoms with Crippen LogP contribution in [0.2, 0.25) is 0 Å².